The number of ketones is 1. The van der Waals surface area contributed by atoms with Crippen LogP contribution >= 0.6 is 0 Å². The Morgan fingerprint density at radius 2 is 2.20 bits per heavy atom. The van der Waals surface area contributed by atoms with Crippen molar-refractivity contribution in [2.24, 2.45) is 5.92 Å². The average molecular weight is 337 g/mol. The molecule has 3 heteroatoms. The topological polar surface area (TPSA) is 40.5 Å². The summed E-state index contributed by atoms with van der Waals surface area (Å²) in [6.07, 6.45) is 5.66. The van der Waals surface area contributed by atoms with E-state index in [1.54, 1.807) is 0 Å². The summed E-state index contributed by atoms with van der Waals surface area (Å²) >= 11 is 0. The quantitative estimate of drug-likeness (QED) is 0.663. The number of aliphatic hydroxyl groups is 1. The number of allylic oxidation sites excluding steroid dienone is 1. The molecule has 1 atom stereocenters. The first-order valence-electron chi connectivity index (χ1n) is 9.26. The highest BCUT2D eigenvalue weighted by molar-refractivity contribution is 5.80. The molecule has 0 aliphatic carbocycles. The van der Waals surface area contributed by atoms with Crippen LogP contribution in [0.25, 0.3) is 0 Å². The normalized spacial score (nSPS) is 27.4. The number of hydrogen-bond acceptors (Lipinski definition) is 3. The first kappa shape index (κ1) is 17.9. The maximum Gasteiger partial charge on any atom is 0.141 e. The minimum atomic E-state index is -0.890. The van der Waals surface area contributed by atoms with E-state index >= 15 is 0 Å². The maximum atomic E-state index is 11.7. The van der Waals surface area contributed by atoms with Crippen molar-refractivity contribution >= 4 is 5.78 Å². The predicted octanol–water partition coefficient (Wildman–Crippen LogP) is 2.74. The van der Waals surface area contributed by atoms with Crippen molar-refractivity contribution < 1.29 is 9.90 Å². The molecule has 0 radical (unpaired) electrons. The fourth-order valence-corrected chi connectivity index (χ4v) is 3.91. The number of nitrogens with zero attached hydrogens (tertiary/aromatic N) is 1. The lowest BCUT2D eigenvalue weighted by atomic mass is 9.75. The van der Waals surface area contributed by atoms with Crippen LogP contribution in [0, 0.1) is 17.8 Å². The molecule has 25 heavy (non-hydrogen) atoms. The number of rotatable bonds is 5. The van der Waals surface area contributed by atoms with Gasteiger partial charge in [0.05, 0.1) is 0 Å². The highest BCUT2D eigenvalue weighted by Crippen LogP contribution is 2.35. The summed E-state index contributed by atoms with van der Waals surface area (Å²) in [7, 11) is 0. The van der Waals surface area contributed by atoms with Gasteiger partial charge < -0.3 is 5.11 Å². The second-order valence-corrected chi connectivity index (χ2v) is 7.28. The predicted molar refractivity (Wildman–Crippen MR) is 100 cm³/mol. The Kier molecular flexibility index (Phi) is 5.42. The van der Waals surface area contributed by atoms with Crippen LogP contribution < -0.4 is 0 Å². The highest BCUT2D eigenvalue weighted by Gasteiger charge is 2.44. The van der Waals surface area contributed by atoms with Crippen molar-refractivity contribution in [1.29, 1.82) is 0 Å². The second-order valence-electron chi connectivity index (χ2n) is 7.28. The molecule has 3 heterocycles. The number of carbonyl (C=O) groups is 1. The third-order valence-electron chi connectivity index (χ3n) is 5.47. The summed E-state index contributed by atoms with van der Waals surface area (Å²) in [5, 5.41) is 11.0. The van der Waals surface area contributed by atoms with E-state index < -0.39 is 5.60 Å². The van der Waals surface area contributed by atoms with Gasteiger partial charge in [0.15, 0.2) is 0 Å². The summed E-state index contributed by atoms with van der Waals surface area (Å²) < 4.78 is 0. The highest BCUT2D eigenvalue weighted by atomic mass is 16.3. The van der Waals surface area contributed by atoms with E-state index in [2.05, 4.69) is 29.4 Å². The van der Waals surface area contributed by atoms with E-state index in [4.69, 9.17) is 0 Å². The van der Waals surface area contributed by atoms with Crippen LogP contribution in [-0.2, 0) is 17.6 Å². The minimum Gasteiger partial charge on any atom is -0.376 e. The van der Waals surface area contributed by atoms with Gasteiger partial charge >= 0.3 is 0 Å². The van der Waals surface area contributed by atoms with Gasteiger partial charge in [-0.2, -0.15) is 0 Å². The summed E-state index contributed by atoms with van der Waals surface area (Å²) in [5.74, 6) is 6.93. The van der Waals surface area contributed by atoms with Crippen LogP contribution in [0.3, 0.4) is 0 Å². The Morgan fingerprint density at radius 1 is 1.44 bits per heavy atom. The van der Waals surface area contributed by atoms with Gasteiger partial charge in [0.25, 0.3) is 0 Å². The Morgan fingerprint density at radius 3 is 2.80 bits per heavy atom. The zero-order valence-electron chi connectivity index (χ0n) is 15.1. The molecule has 132 valence electrons. The lowest BCUT2D eigenvalue weighted by Crippen LogP contribution is -2.58. The van der Waals surface area contributed by atoms with Crippen LogP contribution in [0.2, 0.25) is 0 Å². The molecular formula is C22H27NO2. The fourth-order valence-electron chi connectivity index (χ4n) is 3.91. The molecule has 0 spiro atoms. The molecule has 0 aromatic heterocycles. The summed E-state index contributed by atoms with van der Waals surface area (Å²) in [6, 6.07) is 6.01. The van der Waals surface area contributed by atoms with E-state index in [1.165, 1.54) is 0 Å². The Balaban J connectivity index is 1.85. The second kappa shape index (κ2) is 7.56. The van der Waals surface area contributed by atoms with E-state index in [1.807, 2.05) is 25.1 Å². The lowest BCUT2D eigenvalue weighted by molar-refractivity contribution is -0.118. The summed E-state index contributed by atoms with van der Waals surface area (Å²) in [4.78, 5) is 14.0. The fraction of sp³-hybridized carbons (Fsp3) is 0.500. The van der Waals surface area contributed by atoms with Crippen LogP contribution in [-0.4, -0.2) is 41.0 Å². The van der Waals surface area contributed by atoms with Gasteiger partial charge in [-0.1, -0.05) is 37.0 Å². The van der Waals surface area contributed by atoms with Crippen LogP contribution in [0.5, 0.6) is 0 Å². The number of carbonyl (C=O) groups excluding carboxylic acids is 1. The maximum absolute atomic E-state index is 11.7. The van der Waals surface area contributed by atoms with Crippen molar-refractivity contribution in [3.05, 3.63) is 47.5 Å². The molecule has 3 aliphatic rings. The summed E-state index contributed by atoms with van der Waals surface area (Å²) in [5.41, 5.74) is 2.14. The monoisotopic (exact) mass is 337 g/mol. The molecular weight excluding hydrogens is 310 g/mol. The van der Waals surface area contributed by atoms with E-state index in [0.29, 0.717) is 25.8 Å². The van der Waals surface area contributed by atoms with Gasteiger partial charge in [0.1, 0.15) is 11.4 Å². The molecule has 1 aromatic carbocycles. The minimum absolute atomic E-state index is 0.241. The number of Topliss-reactive ketones (excluding diaryl/α,β-unsaturated/α-hetero) is 1. The van der Waals surface area contributed by atoms with Crippen molar-refractivity contribution in [2.75, 3.05) is 19.6 Å². The molecule has 2 bridgehead atoms. The molecule has 3 saturated heterocycles. The Bertz CT molecular complexity index is 719. The lowest BCUT2D eigenvalue weighted by Gasteiger charge is -2.47. The largest absolute Gasteiger partial charge is 0.376 e. The molecule has 4 rings (SSSR count). The van der Waals surface area contributed by atoms with Crippen molar-refractivity contribution in [1.82, 2.24) is 4.90 Å². The zero-order chi connectivity index (χ0) is 17.9. The van der Waals surface area contributed by atoms with Gasteiger partial charge in [-0.3, -0.25) is 9.69 Å². The smallest absolute Gasteiger partial charge is 0.141 e. The van der Waals surface area contributed by atoms with Crippen LogP contribution in [0.1, 0.15) is 42.9 Å². The molecule has 3 fully saturated rings. The van der Waals surface area contributed by atoms with Crippen molar-refractivity contribution in [3.63, 3.8) is 0 Å². The van der Waals surface area contributed by atoms with E-state index in [-0.39, 0.29) is 11.7 Å². The number of fused-ring (bicyclic) bond motifs is 3. The van der Waals surface area contributed by atoms with Gasteiger partial charge in [0.2, 0.25) is 0 Å². The number of piperidine rings is 3. The first-order chi connectivity index (χ1) is 12.0. The van der Waals surface area contributed by atoms with Crippen LogP contribution in [0.15, 0.2) is 30.9 Å². The van der Waals surface area contributed by atoms with E-state index in [0.717, 1.165) is 42.6 Å². The Hall–Kier alpha value is -1.89. The standard InChI is InChI=1S/C22H27NO2/c1-3-5-19-14-17(15-21(24)4-2)6-7-18(19)8-11-22(25)16-23-12-9-20(22)10-13-23/h3,6-7,14,20,25H,1,4-5,9-10,12-13,15-16H2,2H3. The molecule has 1 aromatic rings. The molecule has 3 aliphatic heterocycles. The van der Waals surface area contributed by atoms with Gasteiger partial charge in [-0.25, -0.2) is 0 Å². The zero-order valence-corrected chi connectivity index (χ0v) is 15.1. The molecule has 1 N–H and O–H groups in total. The SMILES string of the molecule is C=CCc1cc(CC(=O)CC)ccc1C#CC1(O)CN2CCC1CC2. The average Bonchev–Trinajstić information content (AvgIpc) is 2.62. The van der Waals surface area contributed by atoms with Gasteiger partial charge in [0, 0.05) is 30.9 Å². The van der Waals surface area contributed by atoms with Crippen LogP contribution in [0.4, 0.5) is 0 Å². The molecule has 3 nitrogen and oxygen atoms in total. The van der Waals surface area contributed by atoms with Crippen molar-refractivity contribution in [3.8, 4) is 11.8 Å². The number of hydrogen-bond donors (Lipinski definition) is 1. The van der Waals surface area contributed by atoms with E-state index in [9.17, 15) is 9.90 Å². The van der Waals surface area contributed by atoms with Crippen molar-refractivity contribution in [2.45, 2.75) is 44.6 Å². The molecule has 1 unspecified atom stereocenters. The first-order valence-corrected chi connectivity index (χ1v) is 9.26. The molecule has 0 amide bonds. The third-order valence-corrected chi connectivity index (χ3v) is 5.47. The Labute approximate surface area is 150 Å². The van der Waals surface area contributed by atoms with Gasteiger partial charge in [-0.15, -0.1) is 6.58 Å². The third kappa shape index (κ3) is 4.03. The number of benzene rings is 1. The molecule has 0 saturated carbocycles. The van der Waals surface area contributed by atoms with Gasteiger partial charge in [-0.05, 0) is 49.5 Å². The summed E-state index contributed by atoms with van der Waals surface area (Å²) in [6.45, 7) is 8.53.